The maximum Gasteiger partial charge on any atom is 0.262 e. The normalized spacial score (nSPS) is 10.6. The molecule has 5 heteroatoms. The molecule has 0 radical (unpaired) electrons. The van der Waals surface area contributed by atoms with Crippen molar-refractivity contribution in [2.45, 2.75) is 47.0 Å². The summed E-state index contributed by atoms with van der Waals surface area (Å²) in [5, 5.41) is 5.66. The maximum atomic E-state index is 12.3. The summed E-state index contributed by atoms with van der Waals surface area (Å²) in [5.74, 6) is 0.735. The van der Waals surface area contributed by atoms with E-state index in [9.17, 15) is 9.59 Å². The fourth-order valence-electron chi connectivity index (χ4n) is 2.66. The van der Waals surface area contributed by atoms with Gasteiger partial charge in [-0.05, 0) is 54.7 Å². The monoisotopic (exact) mass is 368 g/mol. The van der Waals surface area contributed by atoms with Crippen LogP contribution in [0.4, 0.5) is 11.4 Å². The van der Waals surface area contributed by atoms with E-state index in [2.05, 4.69) is 24.5 Å². The molecule has 0 aliphatic carbocycles. The van der Waals surface area contributed by atoms with E-state index >= 15 is 0 Å². The Kier molecular flexibility index (Phi) is 6.99. The molecule has 0 saturated carbocycles. The number of benzene rings is 2. The molecular formula is C22H28N2O3. The van der Waals surface area contributed by atoms with Gasteiger partial charge >= 0.3 is 0 Å². The van der Waals surface area contributed by atoms with Crippen molar-refractivity contribution in [3.05, 3.63) is 53.1 Å². The zero-order valence-electron chi connectivity index (χ0n) is 16.7. The zero-order chi connectivity index (χ0) is 20.0. The van der Waals surface area contributed by atoms with Gasteiger partial charge in [-0.3, -0.25) is 9.59 Å². The quantitative estimate of drug-likeness (QED) is 0.738. The van der Waals surface area contributed by atoms with Crippen LogP contribution in [0.15, 0.2) is 36.4 Å². The van der Waals surface area contributed by atoms with E-state index in [1.165, 1.54) is 0 Å². The van der Waals surface area contributed by atoms with Crippen LogP contribution in [0.5, 0.6) is 5.75 Å². The second-order valence-corrected chi connectivity index (χ2v) is 6.96. The first kappa shape index (κ1) is 20.5. The third kappa shape index (κ3) is 5.84. The van der Waals surface area contributed by atoms with Gasteiger partial charge in [-0.2, -0.15) is 0 Å². The molecule has 2 aromatic rings. The Morgan fingerprint density at radius 1 is 1.00 bits per heavy atom. The van der Waals surface area contributed by atoms with Crippen molar-refractivity contribution in [2.24, 2.45) is 0 Å². The first-order valence-corrected chi connectivity index (χ1v) is 9.23. The molecule has 0 saturated heterocycles. The summed E-state index contributed by atoms with van der Waals surface area (Å²) in [4.78, 5) is 23.9. The standard InChI is InChI=1S/C22H28N2O3/c1-6-21(25)24-19-12-17(9-8-16(19)5)23-22(26)13-27-20-11-15(4)7-10-18(20)14(2)3/h7-12,14H,6,13H2,1-5H3,(H,23,26)(H,24,25). The number of hydrogen-bond donors (Lipinski definition) is 2. The molecule has 0 heterocycles. The number of ether oxygens (including phenoxy) is 1. The third-order valence-corrected chi connectivity index (χ3v) is 4.27. The molecule has 0 fully saturated rings. The number of amides is 2. The lowest BCUT2D eigenvalue weighted by molar-refractivity contribution is -0.118. The Hall–Kier alpha value is -2.82. The first-order chi connectivity index (χ1) is 12.8. The number of carbonyl (C=O) groups excluding carboxylic acids is 2. The number of aryl methyl sites for hydroxylation is 2. The second kappa shape index (κ2) is 9.21. The molecule has 2 amide bonds. The molecule has 0 aromatic heterocycles. The van der Waals surface area contributed by atoms with Crippen molar-refractivity contribution in [3.63, 3.8) is 0 Å². The van der Waals surface area contributed by atoms with Crippen LogP contribution >= 0.6 is 0 Å². The number of rotatable bonds is 7. The van der Waals surface area contributed by atoms with E-state index in [0.717, 1.165) is 22.4 Å². The van der Waals surface area contributed by atoms with Crippen molar-refractivity contribution in [1.29, 1.82) is 0 Å². The van der Waals surface area contributed by atoms with Gasteiger partial charge in [0.15, 0.2) is 6.61 Å². The summed E-state index contributed by atoms with van der Waals surface area (Å²) in [6.45, 7) is 9.81. The minimum Gasteiger partial charge on any atom is -0.483 e. The minimum absolute atomic E-state index is 0.0643. The minimum atomic E-state index is -0.247. The van der Waals surface area contributed by atoms with Crippen molar-refractivity contribution in [2.75, 3.05) is 17.2 Å². The molecule has 144 valence electrons. The summed E-state index contributed by atoms with van der Waals surface area (Å²) in [7, 11) is 0. The lowest BCUT2D eigenvalue weighted by Crippen LogP contribution is -2.21. The Morgan fingerprint density at radius 2 is 1.74 bits per heavy atom. The Labute approximate surface area is 161 Å². The maximum absolute atomic E-state index is 12.3. The van der Waals surface area contributed by atoms with Gasteiger partial charge in [-0.15, -0.1) is 0 Å². The van der Waals surface area contributed by atoms with Crippen LogP contribution in [0, 0.1) is 13.8 Å². The summed E-state index contributed by atoms with van der Waals surface area (Å²) >= 11 is 0. The number of carbonyl (C=O) groups is 2. The van der Waals surface area contributed by atoms with E-state index in [1.807, 2.05) is 38.1 Å². The highest BCUT2D eigenvalue weighted by molar-refractivity contribution is 5.95. The van der Waals surface area contributed by atoms with Gasteiger partial charge in [0.05, 0.1) is 0 Å². The van der Waals surface area contributed by atoms with Gasteiger partial charge in [-0.1, -0.05) is 39.0 Å². The van der Waals surface area contributed by atoms with E-state index in [4.69, 9.17) is 4.74 Å². The van der Waals surface area contributed by atoms with E-state index in [1.54, 1.807) is 19.1 Å². The fraction of sp³-hybridized carbons (Fsp3) is 0.364. The summed E-state index contributed by atoms with van der Waals surface area (Å²) in [6.07, 6.45) is 0.401. The highest BCUT2D eigenvalue weighted by Gasteiger charge is 2.11. The van der Waals surface area contributed by atoms with Crippen LogP contribution in [0.25, 0.3) is 0 Å². The van der Waals surface area contributed by atoms with E-state index < -0.39 is 0 Å². The van der Waals surface area contributed by atoms with Crippen LogP contribution < -0.4 is 15.4 Å². The van der Waals surface area contributed by atoms with Gasteiger partial charge in [0.1, 0.15) is 5.75 Å². The lowest BCUT2D eigenvalue weighted by atomic mass is 10.0. The number of hydrogen-bond acceptors (Lipinski definition) is 3. The van der Waals surface area contributed by atoms with Crippen LogP contribution in [-0.4, -0.2) is 18.4 Å². The first-order valence-electron chi connectivity index (χ1n) is 9.23. The largest absolute Gasteiger partial charge is 0.483 e. The lowest BCUT2D eigenvalue weighted by Gasteiger charge is -2.15. The molecular weight excluding hydrogens is 340 g/mol. The van der Waals surface area contributed by atoms with Crippen molar-refractivity contribution < 1.29 is 14.3 Å². The van der Waals surface area contributed by atoms with Crippen molar-refractivity contribution in [1.82, 2.24) is 0 Å². The molecule has 0 atom stereocenters. The molecule has 5 nitrogen and oxygen atoms in total. The predicted molar refractivity (Wildman–Crippen MR) is 109 cm³/mol. The van der Waals surface area contributed by atoms with Gasteiger partial charge in [-0.25, -0.2) is 0 Å². The van der Waals surface area contributed by atoms with Crippen LogP contribution in [0.3, 0.4) is 0 Å². The molecule has 0 unspecified atom stereocenters. The second-order valence-electron chi connectivity index (χ2n) is 6.96. The van der Waals surface area contributed by atoms with Crippen molar-refractivity contribution >= 4 is 23.2 Å². The Balaban J connectivity index is 2.03. The Morgan fingerprint density at radius 3 is 2.41 bits per heavy atom. The topological polar surface area (TPSA) is 67.4 Å². The highest BCUT2D eigenvalue weighted by atomic mass is 16.5. The molecule has 2 rings (SSSR count). The average molecular weight is 368 g/mol. The van der Waals surface area contributed by atoms with Gasteiger partial charge in [0, 0.05) is 17.8 Å². The highest BCUT2D eigenvalue weighted by Crippen LogP contribution is 2.27. The van der Waals surface area contributed by atoms with E-state index in [-0.39, 0.29) is 18.4 Å². The molecule has 0 spiro atoms. The SMILES string of the molecule is CCC(=O)Nc1cc(NC(=O)COc2cc(C)ccc2C(C)C)ccc1C. The van der Waals surface area contributed by atoms with E-state index in [0.29, 0.717) is 23.7 Å². The zero-order valence-corrected chi connectivity index (χ0v) is 16.7. The van der Waals surface area contributed by atoms with Gasteiger partial charge in [0.2, 0.25) is 5.91 Å². The molecule has 0 aliphatic rings. The molecule has 0 bridgehead atoms. The molecule has 2 aromatic carbocycles. The molecule has 27 heavy (non-hydrogen) atoms. The predicted octanol–water partition coefficient (Wildman–Crippen LogP) is 4.79. The Bertz CT molecular complexity index is 828. The summed E-state index contributed by atoms with van der Waals surface area (Å²) < 4.78 is 5.77. The van der Waals surface area contributed by atoms with Gasteiger partial charge in [0.25, 0.3) is 5.91 Å². The average Bonchev–Trinajstić information content (AvgIpc) is 2.62. The fourth-order valence-corrected chi connectivity index (χ4v) is 2.66. The molecule has 0 aliphatic heterocycles. The summed E-state index contributed by atoms with van der Waals surface area (Å²) in [5.41, 5.74) is 4.42. The third-order valence-electron chi connectivity index (χ3n) is 4.27. The van der Waals surface area contributed by atoms with Crippen LogP contribution in [-0.2, 0) is 9.59 Å². The number of anilines is 2. The smallest absolute Gasteiger partial charge is 0.262 e. The summed E-state index contributed by atoms with van der Waals surface area (Å²) in [6, 6.07) is 11.5. The van der Waals surface area contributed by atoms with Crippen LogP contribution in [0.1, 0.15) is 49.8 Å². The molecule has 2 N–H and O–H groups in total. The van der Waals surface area contributed by atoms with Crippen LogP contribution in [0.2, 0.25) is 0 Å². The number of nitrogens with one attached hydrogen (secondary N) is 2. The van der Waals surface area contributed by atoms with Crippen molar-refractivity contribution in [3.8, 4) is 5.75 Å². The van der Waals surface area contributed by atoms with Gasteiger partial charge < -0.3 is 15.4 Å².